The molecule has 0 saturated heterocycles. The minimum Gasteiger partial charge on any atom is -0.352 e. The Kier molecular flexibility index (Phi) is 4.81. The van der Waals surface area contributed by atoms with Gasteiger partial charge in [-0.1, -0.05) is 36.0 Å². The highest BCUT2D eigenvalue weighted by Crippen LogP contribution is 2.40. The summed E-state index contributed by atoms with van der Waals surface area (Å²) in [4.78, 5) is 16.6. The Labute approximate surface area is 140 Å². The van der Waals surface area contributed by atoms with E-state index in [1.165, 1.54) is 11.8 Å². The number of rotatable bonds is 7. The molecule has 3 rings (SSSR count). The SMILES string of the molecule is C=CCNC(=O)[C@@H](C)Sc1nc(C2CC2)n(-c2ccccc2)n1. The highest BCUT2D eigenvalue weighted by atomic mass is 32.2. The van der Waals surface area contributed by atoms with Crippen LogP contribution in [-0.4, -0.2) is 32.5 Å². The Morgan fingerprint density at radius 1 is 1.48 bits per heavy atom. The Hall–Kier alpha value is -2.08. The number of carbonyl (C=O) groups excluding carboxylic acids is 1. The van der Waals surface area contributed by atoms with E-state index in [1.54, 1.807) is 6.08 Å². The molecular weight excluding hydrogens is 308 g/mol. The van der Waals surface area contributed by atoms with Crippen molar-refractivity contribution in [1.82, 2.24) is 20.1 Å². The second-order valence-electron chi connectivity index (χ2n) is 5.57. The molecular formula is C17H20N4OS. The van der Waals surface area contributed by atoms with Crippen molar-refractivity contribution < 1.29 is 4.79 Å². The minimum absolute atomic E-state index is 0.0288. The maximum absolute atomic E-state index is 12.0. The number of hydrogen-bond donors (Lipinski definition) is 1. The van der Waals surface area contributed by atoms with Crippen LogP contribution >= 0.6 is 11.8 Å². The highest BCUT2D eigenvalue weighted by Gasteiger charge is 2.31. The molecule has 1 N–H and O–H groups in total. The molecule has 0 bridgehead atoms. The van der Waals surface area contributed by atoms with Gasteiger partial charge < -0.3 is 5.32 Å². The molecule has 0 spiro atoms. The third-order valence-electron chi connectivity index (χ3n) is 3.63. The van der Waals surface area contributed by atoms with E-state index < -0.39 is 0 Å². The lowest BCUT2D eigenvalue weighted by Crippen LogP contribution is -2.30. The van der Waals surface area contributed by atoms with Crippen molar-refractivity contribution in [2.75, 3.05) is 6.54 Å². The third-order valence-corrected chi connectivity index (χ3v) is 4.58. The van der Waals surface area contributed by atoms with Crippen LogP contribution in [0.15, 0.2) is 48.1 Å². The molecule has 1 aromatic carbocycles. The molecule has 1 aromatic heterocycles. The van der Waals surface area contributed by atoms with E-state index in [0.717, 1.165) is 24.4 Å². The van der Waals surface area contributed by atoms with Gasteiger partial charge in [-0.15, -0.1) is 11.7 Å². The second-order valence-corrected chi connectivity index (χ2v) is 6.88. The van der Waals surface area contributed by atoms with Crippen LogP contribution < -0.4 is 5.32 Å². The number of hydrogen-bond acceptors (Lipinski definition) is 4. The molecule has 5 nitrogen and oxygen atoms in total. The predicted octanol–water partition coefficient (Wildman–Crippen LogP) is 2.93. The van der Waals surface area contributed by atoms with E-state index in [1.807, 2.05) is 41.9 Å². The number of aromatic nitrogens is 3. The maximum Gasteiger partial charge on any atom is 0.233 e. The number of carbonyl (C=O) groups is 1. The van der Waals surface area contributed by atoms with Crippen LogP contribution in [0.1, 0.15) is 31.5 Å². The molecule has 2 aromatic rings. The van der Waals surface area contributed by atoms with Gasteiger partial charge in [0.2, 0.25) is 11.1 Å². The first-order valence-corrected chi connectivity index (χ1v) is 8.64. The van der Waals surface area contributed by atoms with Crippen molar-refractivity contribution in [3.05, 3.63) is 48.8 Å². The summed E-state index contributed by atoms with van der Waals surface area (Å²) < 4.78 is 1.91. The average molecular weight is 328 g/mol. The summed E-state index contributed by atoms with van der Waals surface area (Å²) in [6, 6.07) is 10.0. The first-order chi connectivity index (χ1) is 11.2. The van der Waals surface area contributed by atoms with E-state index in [0.29, 0.717) is 17.6 Å². The zero-order chi connectivity index (χ0) is 16.2. The smallest absolute Gasteiger partial charge is 0.233 e. The molecule has 1 heterocycles. The fourth-order valence-electron chi connectivity index (χ4n) is 2.25. The quantitative estimate of drug-likeness (QED) is 0.627. The summed E-state index contributed by atoms with van der Waals surface area (Å²) in [7, 11) is 0. The third kappa shape index (κ3) is 3.82. The van der Waals surface area contributed by atoms with Gasteiger partial charge in [-0.3, -0.25) is 4.79 Å². The first-order valence-electron chi connectivity index (χ1n) is 7.76. The summed E-state index contributed by atoms with van der Waals surface area (Å²) in [5.74, 6) is 1.46. The van der Waals surface area contributed by atoms with Gasteiger partial charge >= 0.3 is 0 Å². The lowest BCUT2D eigenvalue weighted by Gasteiger charge is -2.08. The topological polar surface area (TPSA) is 59.8 Å². The van der Waals surface area contributed by atoms with Gasteiger partial charge in [0.05, 0.1) is 10.9 Å². The van der Waals surface area contributed by atoms with Crippen LogP contribution in [0.4, 0.5) is 0 Å². The number of para-hydroxylation sites is 1. The molecule has 1 saturated carbocycles. The van der Waals surface area contributed by atoms with E-state index in [9.17, 15) is 4.79 Å². The van der Waals surface area contributed by atoms with Crippen LogP contribution in [-0.2, 0) is 4.79 Å². The second kappa shape index (κ2) is 7.00. The van der Waals surface area contributed by atoms with E-state index >= 15 is 0 Å². The lowest BCUT2D eigenvalue weighted by molar-refractivity contribution is -0.120. The van der Waals surface area contributed by atoms with Gasteiger partial charge in [-0.05, 0) is 31.9 Å². The number of nitrogens with zero attached hydrogens (tertiary/aromatic N) is 3. The van der Waals surface area contributed by atoms with Crippen molar-refractivity contribution in [3.8, 4) is 5.69 Å². The summed E-state index contributed by atoms with van der Waals surface area (Å²) in [5, 5.41) is 7.82. The molecule has 1 amide bonds. The predicted molar refractivity (Wildman–Crippen MR) is 91.9 cm³/mol. The molecule has 1 fully saturated rings. The van der Waals surface area contributed by atoms with Gasteiger partial charge in [-0.25, -0.2) is 9.67 Å². The zero-order valence-corrected chi connectivity index (χ0v) is 13.9. The average Bonchev–Trinajstić information content (AvgIpc) is 3.34. The Morgan fingerprint density at radius 3 is 2.87 bits per heavy atom. The monoisotopic (exact) mass is 328 g/mol. The molecule has 1 atom stereocenters. The van der Waals surface area contributed by atoms with Gasteiger partial charge in [-0.2, -0.15) is 0 Å². The summed E-state index contributed by atoms with van der Waals surface area (Å²) >= 11 is 1.39. The van der Waals surface area contributed by atoms with Gasteiger partial charge in [0.1, 0.15) is 5.82 Å². The van der Waals surface area contributed by atoms with E-state index in [-0.39, 0.29) is 11.2 Å². The molecule has 0 radical (unpaired) electrons. The van der Waals surface area contributed by atoms with E-state index in [4.69, 9.17) is 0 Å². The van der Waals surface area contributed by atoms with Gasteiger partial charge in [0.15, 0.2) is 0 Å². The van der Waals surface area contributed by atoms with Crippen molar-refractivity contribution in [1.29, 1.82) is 0 Å². The summed E-state index contributed by atoms with van der Waals surface area (Å²) in [6.45, 7) is 5.94. The Balaban J connectivity index is 1.78. The number of amides is 1. The normalized spacial score (nSPS) is 15.2. The fraction of sp³-hybridized carbons (Fsp3) is 0.353. The molecule has 120 valence electrons. The number of benzene rings is 1. The Morgan fingerprint density at radius 2 is 2.22 bits per heavy atom. The van der Waals surface area contributed by atoms with Crippen LogP contribution in [0.25, 0.3) is 5.69 Å². The Bertz CT molecular complexity index is 694. The van der Waals surface area contributed by atoms with Crippen LogP contribution in [0.2, 0.25) is 0 Å². The zero-order valence-electron chi connectivity index (χ0n) is 13.1. The standard InChI is InChI=1S/C17H20N4OS/c1-3-11-18-16(22)12(2)23-17-19-15(13-9-10-13)21(20-17)14-7-5-4-6-8-14/h3-8,12-13H,1,9-11H2,2H3,(H,18,22)/t12-/m1/s1. The molecule has 1 aliphatic carbocycles. The van der Waals surface area contributed by atoms with Crippen molar-refractivity contribution in [2.24, 2.45) is 0 Å². The van der Waals surface area contributed by atoms with E-state index in [2.05, 4.69) is 22.0 Å². The van der Waals surface area contributed by atoms with Crippen LogP contribution in [0, 0.1) is 0 Å². The summed E-state index contributed by atoms with van der Waals surface area (Å²) in [5.41, 5.74) is 1.01. The highest BCUT2D eigenvalue weighted by molar-refractivity contribution is 8.00. The van der Waals surface area contributed by atoms with Crippen molar-refractivity contribution in [2.45, 2.75) is 36.1 Å². The van der Waals surface area contributed by atoms with Crippen LogP contribution in [0.5, 0.6) is 0 Å². The largest absolute Gasteiger partial charge is 0.352 e. The lowest BCUT2D eigenvalue weighted by atomic mass is 10.3. The van der Waals surface area contributed by atoms with Crippen molar-refractivity contribution >= 4 is 17.7 Å². The molecule has 6 heteroatoms. The summed E-state index contributed by atoms with van der Waals surface area (Å²) in [6.07, 6.45) is 3.98. The molecule has 23 heavy (non-hydrogen) atoms. The number of nitrogens with one attached hydrogen (secondary N) is 1. The number of thioether (sulfide) groups is 1. The van der Waals surface area contributed by atoms with Gasteiger partial charge in [0.25, 0.3) is 0 Å². The first kappa shape index (κ1) is 15.8. The van der Waals surface area contributed by atoms with Crippen molar-refractivity contribution in [3.63, 3.8) is 0 Å². The fourth-order valence-corrected chi connectivity index (χ4v) is 3.03. The maximum atomic E-state index is 12.0. The molecule has 0 unspecified atom stereocenters. The molecule has 1 aliphatic rings. The molecule has 0 aliphatic heterocycles. The minimum atomic E-state index is -0.242. The van der Waals surface area contributed by atoms with Gasteiger partial charge in [0, 0.05) is 12.5 Å². The van der Waals surface area contributed by atoms with Crippen LogP contribution in [0.3, 0.4) is 0 Å².